The summed E-state index contributed by atoms with van der Waals surface area (Å²) in [5, 5.41) is 13.6. The standard InChI is InChI=1S/C20H19N5O/c1-24(2)19-10-11-22-20(18(19)13-21)25-12-6-9-17(25)14-23-26-15-16-7-4-3-5-8-16/h3-12,14H,15H2,1-2H3/b23-14-. The van der Waals surface area contributed by atoms with Gasteiger partial charge in [-0.1, -0.05) is 35.5 Å². The fourth-order valence-electron chi connectivity index (χ4n) is 2.57. The second-order valence-electron chi connectivity index (χ2n) is 5.83. The van der Waals surface area contributed by atoms with Gasteiger partial charge in [0.05, 0.1) is 17.6 Å². The van der Waals surface area contributed by atoms with Crippen molar-refractivity contribution in [2.45, 2.75) is 6.61 Å². The minimum Gasteiger partial charge on any atom is -0.391 e. The SMILES string of the molecule is CN(C)c1ccnc(-n2cccc2/C=N\OCc2ccccc2)c1C#N. The van der Waals surface area contributed by atoms with E-state index < -0.39 is 0 Å². The van der Waals surface area contributed by atoms with Crippen LogP contribution in [-0.4, -0.2) is 29.9 Å². The summed E-state index contributed by atoms with van der Waals surface area (Å²) in [7, 11) is 3.80. The molecule has 1 aromatic carbocycles. The average molecular weight is 345 g/mol. The summed E-state index contributed by atoms with van der Waals surface area (Å²) in [6.07, 6.45) is 5.16. The van der Waals surface area contributed by atoms with Crippen molar-refractivity contribution in [3.8, 4) is 11.9 Å². The van der Waals surface area contributed by atoms with Crippen molar-refractivity contribution in [3.05, 3.63) is 77.7 Å². The van der Waals surface area contributed by atoms with Gasteiger partial charge in [0, 0.05) is 26.5 Å². The maximum absolute atomic E-state index is 9.59. The minimum absolute atomic E-state index is 0.399. The van der Waals surface area contributed by atoms with Crippen molar-refractivity contribution in [2.24, 2.45) is 5.16 Å². The molecule has 0 N–H and O–H groups in total. The van der Waals surface area contributed by atoms with E-state index >= 15 is 0 Å². The highest BCUT2D eigenvalue weighted by Crippen LogP contribution is 2.23. The normalized spacial score (nSPS) is 10.7. The summed E-state index contributed by atoms with van der Waals surface area (Å²) in [4.78, 5) is 11.6. The molecule has 2 aromatic heterocycles. The molecule has 3 rings (SSSR count). The fraction of sp³-hybridized carbons (Fsp3) is 0.150. The number of pyridine rings is 1. The Bertz CT molecular complexity index is 938. The molecule has 0 saturated carbocycles. The number of aromatic nitrogens is 2. The highest BCUT2D eigenvalue weighted by molar-refractivity contribution is 5.79. The molecule has 6 heteroatoms. The Morgan fingerprint density at radius 3 is 2.73 bits per heavy atom. The molecular weight excluding hydrogens is 326 g/mol. The minimum atomic E-state index is 0.399. The smallest absolute Gasteiger partial charge is 0.157 e. The van der Waals surface area contributed by atoms with Crippen molar-refractivity contribution in [1.82, 2.24) is 9.55 Å². The molecule has 0 unspecified atom stereocenters. The maximum atomic E-state index is 9.59. The zero-order valence-corrected chi connectivity index (χ0v) is 14.7. The fourth-order valence-corrected chi connectivity index (χ4v) is 2.57. The Balaban J connectivity index is 1.82. The molecule has 0 fully saturated rings. The van der Waals surface area contributed by atoms with Crippen LogP contribution in [0.3, 0.4) is 0 Å². The van der Waals surface area contributed by atoms with Crippen LogP contribution in [0.25, 0.3) is 5.82 Å². The van der Waals surface area contributed by atoms with E-state index in [0.29, 0.717) is 18.0 Å². The van der Waals surface area contributed by atoms with Crippen molar-refractivity contribution in [3.63, 3.8) is 0 Å². The van der Waals surface area contributed by atoms with Gasteiger partial charge in [0.25, 0.3) is 0 Å². The molecule has 3 aromatic rings. The first-order chi connectivity index (χ1) is 12.7. The van der Waals surface area contributed by atoms with Gasteiger partial charge >= 0.3 is 0 Å². The van der Waals surface area contributed by atoms with Crippen LogP contribution in [-0.2, 0) is 11.4 Å². The van der Waals surface area contributed by atoms with Crippen molar-refractivity contribution in [2.75, 3.05) is 19.0 Å². The van der Waals surface area contributed by atoms with Gasteiger partial charge in [-0.2, -0.15) is 5.26 Å². The third kappa shape index (κ3) is 3.73. The monoisotopic (exact) mass is 345 g/mol. The molecule has 2 heterocycles. The molecule has 0 aliphatic heterocycles. The first kappa shape index (κ1) is 17.2. The second kappa shape index (κ2) is 7.99. The maximum Gasteiger partial charge on any atom is 0.157 e. The van der Waals surface area contributed by atoms with Crippen LogP contribution >= 0.6 is 0 Å². The summed E-state index contributed by atoms with van der Waals surface area (Å²) < 4.78 is 1.82. The Morgan fingerprint density at radius 1 is 1.19 bits per heavy atom. The largest absolute Gasteiger partial charge is 0.391 e. The Labute approximate surface area is 152 Å². The summed E-state index contributed by atoms with van der Waals surface area (Å²) >= 11 is 0. The molecule has 0 spiro atoms. The number of anilines is 1. The van der Waals surface area contributed by atoms with Crippen LogP contribution in [0, 0.1) is 11.3 Å². The summed E-state index contributed by atoms with van der Waals surface area (Å²) in [5.41, 5.74) is 3.15. The molecule has 26 heavy (non-hydrogen) atoms. The zero-order chi connectivity index (χ0) is 18.4. The van der Waals surface area contributed by atoms with E-state index in [0.717, 1.165) is 16.9 Å². The van der Waals surface area contributed by atoms with Crippen LogP contribution in [0.2, 0.25) is 0 Å². The number of rotatable bonds is 6. The Hall–Kier alpha value is -3.59. The van der Waals surface area contributed by atoms with E-state index in [1.807, 2.05) is 78.3 Å². The van der Waals surface area contributed by atoms with Gasteiger partial charge in [-0.25, -0.2) is 4.98 Å². The van der Waals surface area contributed by atoms with Crippen LogP contribution in [0.1, 0.15) is 16.8 Å². The first-order valence-electron chi connectivity index (χ1n) is 8.14. The van der Waals surface area contributed by atoms with Crippen LogP contribution in [0.5, 0.6) is 0 Å². The highest BCUT2D eigenvalue weighted by Gasteiger charge is 2.14. The number of nitrogens with zero attached hydrogens (tertiary/aromatic N) is 5. The number of benzene rings is 1. The topological polar surface area (TPSA) is 66.4 Å². The molecule has 6 nitrogen and oxygen atoms in total. The number of hydrogen-bond donors (Lipinski definition) is 0. The molecule has 130 valence electrons. The van der Waals surface area contributed by atoms with Gasteiger partial charge in [0.2, 0.25) is 0 Å². The van der Waals surface area contributed by atoms with E-state index in [1.165, 1.54) is 0 Å². The van der Waals surface area contributed by atoms with Crippen LogP contribution in [0.15, 0.2) is 66.1 Å². The second-order valence-corrected chi connectivity index (χ2v) is 5.83. The molecule has 0 radical (unpaired) electrons. The average Bonchev–Trinajstić information content (AvgIpc) is 3.13. The lowest BCUT2D eigenvalue weighted by molar-refractivity contribution is 0.132. The third-order valence-corrected chi connectivity index (χ3v) is 3.84. The Morgan fingerprint density at radius 2 is 2.00 bits per heavy atom. The number of oxime groups is 1. The lowest BCUT2D eigenvalue weighted by atomic mass is 10.2. The van der Waals surface area contributed by atoms with E-state index in [1.54, 1.807) is 12.4 Å². The van der Waals surface area contributed by atoms with Gasteiger partial charge < -0.3 is 9.74 Å². The summed E-state index contributed by atoms with van der Waals surface area (Å²) in [5.74, 6) is 0.563. The van der Waals surface area contributed by atoms with Gasteiger partial charge in [0.15, 0.2) is 5.82 Å². The van der Waals surface area contributed by atoms with E-state index in [-0.39, 0.29) is 0 Å². The van der Waals surface area contributed by atoms with Gasteiger partial charge in [0.1, 0.15) is 18.2 Å². The van der Waals surface area contributed by atoms with E-state index in [2.05, 4.69) is 16.2 Å². The van der Waals surface area contributed by atoms with E-state index in [4.69, 9.17) is 4.84 Å². The van der Waals surface area contributed by atoms with Crippen molar-refractivity contribution < 1.29 is 4.84 Å². The quantitative estimate of drug-likeness (QED) is 0.507. The molecule has 0 atom stereocenters. The van der Waals surface area contributed by atoms with Gasteiger partial charge in [-0.3, -0.25) is 4.57 Å². The molecule has 0 aliphatic rings. The third-order valence-electron chi connectivity index (χ3n) is 3.84. The molecule has 0 bridgehead atoms. The first-order valence-corrected chi connectivity index (χ1v) is 8.14. The predicted octanol–water partition coefficient (Wildman–Crippen LogP) is 3.36. The van der Waals surface area contributed by atoms with Gasteiger partial charge in [-0.15, -0.1) is 0 Å². The summed E-state index contributed by atoms with van der Waals surface area (Å²) in [6.45, 7) is 0.399. The Kier molecular flexibility index (Phi) is 5.30. The number of hydrogen-bond acceptors (Lipinski definition) is 5. The molecule has 0 aliphatic carbocycles. The van der Waals surface area contributed by atoms with Gasteiger partial charge in [-0.05, 0) is 23.8 Å². The predicted molar refractivity (Wildman–Crippen MR) is 101 cm³/mol. The lowest BCUT2D eigenvalue weighted by Gasteiger charge is -2.16. The summed E-state index contributed by atoms with van der Waals surface area (Å²) in [6, 6.07) is 17.7. The highest BCUT2D eigenvalue weighted by atomic mass is 16.6. The van der Waals surface area contributed by atoms with E-state index in [9.17, 15) is 5.26 Å². The number of nitriles is 1. The van der Waals surface area contributed by atoms with Crippen LogP contribution in [0.4, 0.5) is 5.69 Å². The molecular formula is C20H19N5O. The molecule has 0 saturated heterocycles. The zero-order valence-electron chi connectivity index (χ0n) is 14.7. The van der Waals surface area contributed by atoms with Crippen molar-refractivity contribution in [1.29, 1.82) is 5.26 Å². The van der Waals surface area contributed by atoms with Crippen molar-refractivity contribution >= 4 is 11.9 Å². The molecule has 0 amide bonds. The lowest BCUT2D eigenvalue weighted by Crippen LogP contribution is -2.13. The van der Waals surface area contributed by atoms with Crippen LogP contribution < -0.4 is 4.90 Å².